The molecule has 0 spiro atoms. The van der Waals surface area contributed by atoms with Gasteiger partial charge in [0.1, 0.15) is 18.2 Å². The monoisotopic (exact) mass is 305 g/mol. The van der Waals surface area contributed by atoms with E-state index >= 15 is 0 Å². The van der Waals surface area contributed by atoms with Gasteiger partial charge in [0.05, 0.1) is 0 Å². The summed E-state index contributed by atoms with van der Waals surface area (Å²) in [6, 6.07) is 12.9. The summed E-state index contributed by atoms with van der Waals surface area (Å²) in [5, 5.41) is 4.04. The third kappa shape index (κ3) is 4.45. The molecular formula is C17H17ClFNO. The maximum absolute atomic E-state index is 13.6. The second-order valence-electron chi connectivity index (χ2n) is 5.37. The molecule has 0 aliphatic heterocycles. The summed E-state index contributed by atoms with van der Waals surface area (Å²) in [6.07, 6.45) is 2.43. The first kappa shape index (κ1) is 14.4. The molecule has 0 bridgehead atoms. The van der Waals surface area contributed by atoms with E-state index in [1.54, 1.807) is 6.07 Å². The molecule has 0 unspecified atom stereocenters. The van der Waals surface area contributed by atoms with Crippen molar-refractivity contribution in [1.29, 1.82) is 0 Å². The summed E-state index contributed by atoms with van der Waals surface area (Å²) in [5.41, 5.74) is 1.87. The second-order valence-corrected chi connectivity index (χ2v) is 5.81. The van der Waals surface area contributed by atoms with Crippen LogP contribution in [0.25, 0.3) is 0 Å². The van der Waals surface area contributed by atoms with Gasteiger partial charge in [-0.25, -0.2) is 4.39 Å². The summed E-state index contributed by atoms with van der Waals surface area (Å²) >= 11 is 5.93. The normalized spacial score (nSPS) is 14.2. The molecule has 0 amide bonds. The number of hydrogen-bond acceptors (Lipinski definition) is 2. The van der Waals surface area contributed by atoms with E-state index in [4.69, 9.17) is 16.3 Å². The first-order chi connectivity index (χ1) is 10.2. The van der Waals surface area contributed by atoms with Crippen molar-refractivity contribution >= 4 is 11.6 Å². The minimum atomic E-state index is -0.272. The summed E-state index contributed by atoms with van der Waals surface area (Å²) in [4.78, 5) is 0. The first-order valence-corrected chi connectivity index (χ1v) is 7.47. The van der Waals surface area contributed by atoms with Gasteiger partial charge < -0.3 is 10.1 Å². The molecule has 0 saturated heterocycles. The molecule has 3 rings (SSSR count). The fourth-order valence-corrected chi connectivity index (χ4v) is 2.36. The molecule has 21 heavy (non-hydrogen) atoms. The van der Waals surface area contributed by atoms with E-state index in [0.717, 1.165) is 11.1 Å². The Morgan fingerprint density at radius 2 is 2.00 bits per heavy atom. The second kappa shape index (κ2) is 6.46. The van der Waals surface area contributed by atoms with Crippen molar-refractivity contribution in [1.82, 2.24) is 5.32 Å². The average molecular weight is 306 g/mol. The van der Waals surface area contributed by atoms with Gasteiger partial charge in [0.2, 0.25) is 0 Å². The summed E-state index contributed by atoms with van der Waals surface area (Å²) in [7, 11) is 0. The van der Waals surface area contributed by atoms with Gasteiger partial charge in [-0.05, 0) is 48.2 Å². The van der Waals surface area contributed by atoms with Gasteiger partial charge in [-0.1, -0.05) is 23.7 Å². The molecule has 1 aliphatic carbocycles. The third-order valence-corrected chi connectivity index (χ3v) is 3.63. The van der Waals surface area contributed by atoms with E-state index in [2.05, 4.69) is 5.32 Å². The van der Waals surface area contributed by atoms with Crippen molar-refractivity contribution in [2.75, 3.05) is 0 Å². The molecule has 2 nitrogen and oxygen atoms in total. The summed E-state index contributed by atoms with van der Waals surface area (Å²) in [6.45, 7) is 1.05. The Hall–Kier alpha value is -1.58. The minimum absolute atomic E-state index is 0.272. The Morgan fingerprint density at radius 3 is 2.76 bits per heavy atom. The Balaban J connectivity index is 1.63. The van der Waals surface area contributed by atoms with Gasteiger partial charge in [0, 0.05) is 23.7 Å². The van der Waals surface area contributed by atoms with E-state index in [9.17, 15) is 4.39 Å². The quantitative estimate of drug-likeness (QED) is 0.858. The molecule has 110 valence electrons. The molecule has 0 radical (unpaired) electrons. The van der Waals surface area contributed by atoms with Crippen LogP contribution in [-0.4, -0.2) is 6.04 Å². The van der Waals surface area contributed by atoms with Crippen molar-refractivity contribution in [3.05, 3.63) is 64.4 Å². The number of rotatable bonds is 6. The van der Waals surface area contributed by atoms with Gasteiger partial charge in [-0.15, -0.1) is 0 Å². The molecule has 1 saturated carbocycles. The molecule has 4 heteroatoms. The SMILES string of the molecule is Fc1cc(CNC2CC2)cc(OCc2cccc(Cl)c2)c1. The molecular weight excluding hydrogens is 289 g/mol. The molecule has 1 aliphatic rings. The van der Waals surface area contributed by atoms with E-state index < -0.39 is 0 Å². The maximum atomic E-state index is 13.6. The lowest BCUT2D eigenvalue weighted by Gasteiger charge is -2.10. The standard InChI is InChI=1S/C17H17ClFNO/c18-14-3-1-2-12(6-14)11-21-17-8-13(7-15(19)9-17)10-20-16-4-5-16/h1-3,6-9,16,20H,4-5,10-11H2. The van der Waals surface area contributed by atoms with Crippen molar-refractivity contribution in [3.8, 4) is 5.75 Å². The molecule has 0 atom stereocenters. The smallest absolute Gasteiger partial charge is 0.127 e. The van der Waals surface area contributed by atoms with Crippen LogP contribution in [0, 0.1) is 5.82 Å². The number of benzene rings is 2. The van der Waals surface area contributed by atoms with Crippen LogP contribution < -0.4 is 10.1 Å². The van der Waals surface area contributed by atoms with Gasteiger partial charge >= 0.3 is 0 Å². The topological polar surface area (TPSA) is 21.3 Å². The van der Waals surface area contributed by atoms with E-state index in [1.807, 2.05) is 30.3 Å². The van der Waals surface area contributed by atoms with Crippen molar-refractivity contribution < 1.29 is 9.13 Å². The minimum Gasteiger partial charge on any atom is -0.489 e. The van der Waals surface area contributed by atoms with Crippen LogP contribution in [0.5, 0.6) is 5.75 Å². The van der Waals surface area contributed by atoms with Crippen LogP contribution in [0.1, 0.15) is 24.0 Å². The Morgan fingerprint density at radius 1 is 1.14 bits per heavy atom. The summed E-state index contributed by atoms with van der Waals surface area (Å²) < 4.78 is 19.3. The van der Waals surface area contributed by atoms with E-state index in [0.29, 0.717) is 30.0 Å². The Labute approximate surface area is 128 Å². The summed E-state index contributed by atoms with van der Waals surface area (Å²) in [5.74, 6) is 0.272. The highest BCUT2D eigenvalue weighted by molar-refractivity contribution is 6.30. The lowest BCUT2D eigenvalue weighted by atomic mass is 10.2. The fourth-order valence-electron chi connectivity index (χ4n) is 2.15. The van der Waals surface area contributed by atoms with Crippen LogP contribution in [0.15, 0.2) is 42.5 Å². The highest BCUT2D eigenvalue weighted by Gasteiger charge is 2.20. The van der Waals surface area contributed by atoms with Gasteiger partial charge in [-0.2, -0.15) is 0 Å². The fraction of sp³-hybridized carbons (Fsp3) is 0.294. The number of ether oxygens (including phenoxy) is 1. The zero-order chi connectivity index (χ0) is 14.7. The highest BCUT2D eigenvalue weighted by atomic mass is 35.5. The zero-order valence-electron chi connectivity index (χ0n) is 11.6. The number of nitrogens with one attached hydrogen (secondary N) is 1. The molecule has 1 N–H and O–H groups in total. The average Bonchev–Trinajstić information content (AvgIpc) is 3.27. The van der Waals surface area contributed by atoms with E-state index in [1.165, 1.54) is 18.9 Å². The van der Waals surface area contributed by atoms with Crippen LogP contribution in [0.2, 0.25) is 5.02 Å². The van der Waals surface area contributed by atoms with Gasteiger partial charge in [-0.3, -0.25) is 0 Å². The van der Waals surface area contributed by atoms with Crippen molar-refractivity contribution in [2.45, 2.75) is 32.0 Å². The molecule has 0 heterocycles. The third-order valence-electron chi connectivity index (χ3n) is 3.40. The first-order valence-electron chi connectivity index (χ1n) is 7.09. The van der Waals surface area contributed by atoms with Crippen LogP contribution in [0.4, 0.5) is 4.39 Å². The predicted molar refractivity (Wildman–Crippen MR) is 82.0 cm³/mol. The van der Waals surface area contributed by atoms with Crippen LogP contribution >= 0.6 is 11.6 Å². The van der Waals surface area contributed by atoms with Crippen molar-refractivity contribution in [3.63, 3.8) is 0 Å². The zero-order valence-corrected chi connectivity index (χ0v) is 12.4. The Bertz CT molecular complexity index is 628. The lowest BCUT2D eigenvalue weighted by Crippen LogP contribution is -2.15. The number of hydrogen-bond donors (Lipinski definition) is 1. The highest BCUT2D eigenvalue weighted by Crippen LogP contribution is 2.22. The van der Waals surface area contributed by atoms with Gasteiger partial charge in [0.25, 0.3) is 0 Å². The molecule has 1 fully saturated rings. The molecule has 0 aromatic heterocycles. The van der Waals surface area contributed by atoms with Crippen LogP contribution in [0.3, 0.4) is 0 Å². The lowest BCUT2D eigenvalue weighted by molar-refractivity contribution is 0.304. The maximum Gasteiger partial charge on any atom is 0.127 e. The predicted octanol–water partition coefficient (Wildman–Crippen LogP) is 4.31. The van der Waals surface area contributed by atoms with Crippen molar-refractivity contribution in [2.24, 2.45) is 0 Å². The van der Waals surface area contributed by atoms with Crippen LogP contribution in [-0.2, 0) is 13.2 Å². The largest absolute Gasteiger partial charge is 0.489 e. The number of halogens is 2. The van der Waals surface area contributed by atoms with Gasteiger partial charge in [0.15, 0.2) is 0 Å². The molecule has 2 aromatic rings. The Kier molecular flexibility index (Phi) is 4.42. The van der Waals surface area contributed by atoms with E-state index in [-0.39, 0.29) is 5.82 Å². The molecule has 2 aromatic carbocycles.